The zero-order chi connectivity index (χ0) is 10.8. The molecule has 0 amide bonds. The fourth-order valence-electron chi connectivity index (χ4n) is 1.67. The summed E-state index contributed by atoms with van der Waals surface area (Å²) in [5, 5.41) is 4.32. The van der Waals surface area contributed by atoms with Crippen molar-refractivity contribution in [3.63, 3.8) is 0 Å². The highest BCUT2D eigenvalue weighted by atomic mass is 35.5. The third kappa shape index (κ3) is 2.86. The molecular weight excluding hydrogens is 208 g/mol. The summed E-state index contributed by atoms with van der Waals surface area (Å²) in [6.45, 7) is 0.915. The third-order valence-electron chi connectivity index (χ3n) is 2.68. The van der Waals surface area contributed by atoms with E-state index in [-0.39, 0.29) is 0 Å². The van der Waals surface area contributed by atoms with Gasteiger partial charge in [-0.15, -0.1) is 0 Å². The van der Waals surface area contributed by atoms with Gasteiger partial charge >= 0.3 is 0 Å². The minimum absolute atomic E-state index is 0.735. The molecule has 82 valence electrons. The Morgan fingerprint density at radius 2 is 2.13 bits per heavy atom. The molecule has 1 aromatic carbocycles. The second-order valence-electron chi connectivity index (χ2n) is 4.32. The smallest absolute Gasteiger partial charge is 0.0410 e. The summed E-state index contributed by atoms with van der Waals surface area (Å²) < 4.78 is 0. The van der Waals surface area contributed by atoms with Gasteiger partial charge in [-0.05, 0) is 36.6 Å². The van der Waals surface area contributed by atoms with Crippen molar-refractivity contribution in [1.82, 2.24) is 5.32 Å². The van der Waals surface area contributed by atoms with Crippen molar-refractivity contribution in [2.24, 2.45) is 0 Å². The molecule has 0 aromatic heterocycles. The fourth-order valence-corrected chi connectivity index (χ4v) is 1.87. The molecule has 15 heavy (non-hydrogen) atoms. The molecular formula is C12H17ClN2. The van der Waals surface area contributed by atoms with E-state index in [0.29, 0.717) is 0 Å². The van der Waals surface area contributed by atoms with Crippen LogP contribution in [0.15, 0.2) is 18.2 Å². The van der Waals surface area contributed by atoms with E-state index in [1.165, 1.54) is 24.1 Å². The highest BCUT2D eigenvalue weighted by molar-refractivity contribution is 6.30. The highest BCUT2D eigenvalue weighted by Gasteiger charge is 2.20. The minimum atomic E-state index is 0.735. The van der Waals surface area contributed by atoms with Crippen LogP contribution in [0.5, 0.6) is 0 Å². The van der Waals surface area contributed by atoms with E-state index in [1.54, 1.807) is 0 Å². The average Bonchev–Trinajstić information content (AvgIpc) is 2.97. The van der Waals surface area contributed by atoms with Crippen LogP contribution < -0.4 is 10.2 Å². The Labute approximate surface area is 96.2 Å². The van der Waals surface area contributed by atoms with Gasteiger partial charge in [-0.2, -0.15) is 0 Å². The number of hydrogen-bond acceptors (Lipinski definition) is 2. The topological polar surface area (TPSA) is 15.3 Å². The number of rotatable bonds is 4. The van der Waals surface area contributed by atoms with Gasteiger partial charge in [0.15, 0.2) is 0 Å². The molecule has 0 saturated heterocycles. The first-order valence-electron chi connectivity index (χ1n) is 5.36. The summed E-state index contributed by atoms with van der Waals surface area (Å²) in [6, 6.07) is 6.80. The second kappa shape index (κ2) is 4.42. The Kier molecular flexibility index (Phi) is 3.17. The molecule has 1 aliphatic rings. The van der Waals surface area contributed by atoms with Gasteiger partial charge in [-0.25, -0.2) is 0 Å². The zero-order valence-corrected chi connectivity index (χ0v) is 10.0. The number of benzene rings is 1. The Bertz CT molecular complexity index is 345. The number of anilines is 1. The molecule has 0 unspecified atom stereocenters. The molecule has 2 nitrogen and oxygen atoms in total. The van der Waals surface area contributed by atoms with E-state index in [2.05, 4.69) is 30.4 Å². The average molecular weight is 225 g/mol. The lowest BCUT2D eigenvalue weighted by atomic mass is 10.1. The zero-order valence-electron chi connectivity index (χ0n) is 9.26. The van der Waals surface area contributed by atoms with E-state index in [1.807, 2.05) is 12.1 Å². The van der Waals surface area contributed by atoms with Crippen molar-refractivity contribution >= 4 is 17.3 Å². The molecule has 1 fully saturated rings. The van der Waals surface area contributed by atoms with Gasteiger partial charge in [-0.3, -0.25) is 0 Å². The maximum Gasteiger partial charge on any atom is 0.0410 e. The molecule has 0 bridgehead atoms. The van der Waals surface area contributed by atoms with Gasteiger partial charge in [0.25, 0.3) is 0 Å². The lowest BCUT2D eigenvalue weighted by Gasteiger charge is -2.18. The maximum atomic E-state index is 6.01. The number of nitrogens with zero attached hydrogens (tertiary/aromatic N) is 1. The summed E-state index contributed by atoms with van der Waals surface area (Å²) in [7, 11) is 4.12. The van der Waals surface area contributed by atoms with Crippen LogP contribution in [0.3, 0.4) is 0 Å². The summed E-state index contributed by atoms with van der Waals surface area (Å²) in [4.78, 5) is 2.13. The lowest BCUT2D eigenvalue weighted by molar-refractivity contribution is 0.687. The van der Waals surface area contributed by atoms with Crippen LogP contribution in [-0.2, 0) is 6.54 Å². The molecule has 1 aromatic rings. The molecule has 0 aliphatic heterocycles. The SMILES string of the molecule is CN(C)c1ccc(Cl)cc1CNC1CC1. The van der Waals surface area contributed by atoms with Crippen LogP contribution in [0.4, 0.5) is 5.69 Å². The van der Waals surface area contributed by atoms with Crippen LogP contribution in [0, 0.1) is 0 Å². The number of hydrogen-bond donors (Lipinski definition) is 1. The molecule has 1 saturated carbocycles. The van der Waals surface area contributed by atoms with E-state index in [4.69, 9.17) is 11.6 Å². The molecule has 3 heteroatoms. The van der Waals surface area contributed by atoms with E-state index in [9.17, 15) is 0 Å². The summed E-state index contributed by atoms with van der Waals surface area (Å²) >= 11 is 6.01. The monoisotopic (exact) mass is 224 g/mol. The van der Waals surface area contributed by atoms with Crippen LogP contribution in [0.2, 0.25) is 5.02 Å². The standard InChI is InChI=1S/C12H17ClN2/c1-15(2)12-6-3-10(13)7-9(12)8-14-11-4-5-11/h3,6-7,11,14H,4-5,8H2,1-2H3. The van der Waals surface area contributed by atoms with Gasteiger partial charge in [0, 0.05) is 37.4 Å². The predicted molar refractivity (Wildman–Crippen MR) is 65.6 cm³/mol. The molecule has 2 rings (SSSR count). The van der Waals surface area contributed by atoms with Crippen molar-refractivity contribution < 1.29 is 0 Å². The summed E-state index contributed by atoms with van der Waals surface area (Å²) in [6.07, 6.45) is 2.63. The van der Waals surface area contributed by atoms with Crippen molar-refractivity contribution in [2.45, 2.75) is 25.4 Å². The fraction of sp³-hybridized carbons (Fsp3) is 0.500. The normalized spacial score (nSPS) is 15.4. The third-order valence-corrected chi connectivity index (χ3v) is 2.92. The van der Waals surface area contributed by atoms with E-state index >= 15 is 0 Å². The Morgan fingerprint density at radius 1 is 1.40 bits per heavy atom. The molecule has 0 heterocycles. The first-order chi connectivity index (χ1) is 7.16. The first kappa shape index (κ1) is 10.8. The van der Waals surface area contributed by atoms with Crippen molar-refractivity contribution in [3.8, 4) is 0 Å². The Balaban J connectivity index is 2.13. The van der Waals surface area contributed by atoms with Crippen LogP contribution in [0.1, 0.15) is 18.4 Å². The van der Waals surface area contributed by atoms with Gasteiger partial charge in [-0.1, -0.05) is 11.6 Å². The number of nitrogens with one attached hydrogen (secondary N) is 1. The first-order valence-corrected chi connectivity index (χ1v) is 5.74. The van der Waals surface area contributed by atoms with Crippen LogP contribution >= 0.6 is 11.6 Å². The predicted octanol–water partition coefficient (Wildman–Crippen LogP) is 2.66. The number of halogens is 1. The molecule has 0 atom stereocenters. The van der Waals surface area contributed by atoms with Gasteiger partial charge in [0.05, 0.1) is 0 Å². The summed E-state index contributed by atoms with van der Waals surface area (Å²) in [5.41, 5.74) is 2.52. The van der Waals surface area contributed by atoms with Crippen molar-refractivity contribution in [3.05, 3.63) is 28.8 Å². The molecule has 0 radical (unpaired) electrons. The van der Waals surface area contributed by atoms with E-state index < -0.39 is 0 Å². The summed E-state index contributed by atoms with van der Waals surface area (Å²) in [5.74, 6) is 0. The molecule has 1 aliphatic carbocycles. The Hall–Kier alpha value is -0.730. The Morgan fingerprint density at radius 3 is 2.73 bits per heavy atom. The molecule has 0 spiro atoms. The van der Waals surface area contributed by atoms with Crippen LogP contribution in [0.25, 0.3) is 0 Å². The van der Waals surface area contributed by atoms with Crippen molar-refractivity contribution in [2.75, 3.05) is 19.0 Å². The van der Waals surface area contributed by atoms with Crippen molar-refractivity contribution in [1.29, 1.82) is 0 Å². The quantitative estimate of drug-likeness (QED) is 0.846. The largest absolute Gasteiger partial charge is 0.377 e. The van der Waals surface area contributed by atoms with Gasteiger partial charge in [0.1, 0.15) is 0 Å². The highest BCUT2D eigenvalue weighted by Crippen LogP contribution is 2.25. The van der Waals surface area contributed by atoms with E-state index in [0.717, 1.165) is 17.6 Å². The second-order valence-corrected chi connectivity index (χ2v) is 4.76. The van der Waals surface area contributed by atoms with Crippen LogP contribution in [-0.4, -0.2) is 20.1 Å². The maximum absolute atomic E-state index is 6.01. The van der Waals surface area contributed by atoms with Gasteiger partial charge < -0.3 is 10.2 Å². The minimum Gasteiger partial charge on any atom is -0.377 e. The van der Waals surface area contributed by atoms with Gasteiger partial charge in [0.2, 0.25) is 0 Å². The molecule has 1 N–H and O–H groups in total. The lowest BCUT2D eigenvalue weighted by Crippen LogP contribution is -2.19.